The molecule has 0 radical (unpaired) electrons. The predicted molar refractivity (Wildman–Crippen MR) is 115 cm³/mol. The van der Waals surface area contributed by atoms with Crippen LogP contribution >= 0.6 is 0 Å². The third kappa shape index (κ3) is 4.63. The molecule has 0 unspecified atom stereocenters. The number of aryl methyl sites for hydroxylation is 2. The standard InChI is InChI=1S/C23H23N5O3/c1-15-8-7-11-20(16(15)2)30-13-19-17(3)31-27-21(19)22(29)25-23-24-14-28(26-23)12-18-9-5-4-6-10-18/h4-11,14H,12-13H2,1-3H3,(H,25,26,29). The molecule has 31 heavy (non-hydrogen) atoms. The van der Waals surface area contributed by atoms with Crippen LogP contribution < -0.4 is 10.1 Å². The fraction of sp³-hybridized carbons (Fsp3) is 0.217. The lowest BCUT2D eigenvalue weighted by Gasteiger charge is -2.10. The Morgan fingerprint density at radius 3 is 2.71 bits per heavy atom. The number of nitrogens with zero attached hydrogens (tertiary/aromatic N) is 4. The SMILES string of the molecule is Cc1cccc(OCc2c(C(=O)Nc3ncn(Cc4ccccc4)n3)noc2C)c1C. The van der Waals surface area contributed by atoms with Gasteiger partial charge in [-0.15, -0.1) is 5.10 Å². The molecule has 8 nitrogen and oxygen atoms in total. The highest BCUT2D eigenvalue weighted by Crippen LogP contribution is 2.23. The molecule has 2 aromatic carbocycles. The van der Waals surface area contributed by atoms with Crippen molar-refractivity contribution in [2.75, 3.05) is 5.32 Å². The minimum atomic E-state index is -0.450. The smallest absolute Gasteiger partial charge is 0.280 e. The van der Waals surface area contributed by atoms with Gasteiger partial charge in [-0.2, -0.15) is 0 Å². The summed E-state index contributed by atoms with van der Waals surface area (Å²) in [4.78, 5) is 16.9. The molecule has 0 atom stereocenters. The summed E-state index contributed by atoms with van der Waals surface area (Å²) in [5.41, 5.74) is 4.01. The van der Waals surface area contributed by atoms with Gasteiger partial charge < -0.3 is 9.26 Å². The van der Waals surface area contributed by atoms with Crippen LogP contribution in [0.5, 0.6) is 5.75 Å². The second kappa shape index (κ2) is 8.83. The van der Waals surface area contributed by atoms with Gasteiger partial charge in [0, 0.05) is 0 Å². The largest absolute Gasteiger partial charge is 0.488 e. The van der Waals surface area contributed by atoms with Crippen LogP contribution in [-0.2, 0) is 13.2 Å². The average molecular weight is 417 g/mol. The molecule has 0 bridgehead atoms. The Labute approximate surface area is 179 Å². The number of rotatable bonds is 7. The minimum Gasteiger partial charge on any atom is -0.488 e. The van der Waals surface area contributed by atoms with Gasteiger partial charge in [0.25, 0.3) is 5.91 Å². The van der Waals surface area contributed by atoms with E-state index >= 15 is 0 Å². The van der Waals surface area contributed by atoms with Crippen LogP contribution in [0.4, 0.5) is 5.95 Å². The number of nitrogens with one attached hydrogen (secondary N) is 1. The van der Waals surface area contributed by atoms with E-state index in [-0.39, 0.29) is 18.2 Å². The van der Waals surface area contributed by atoms with E-state index in [0.717, 1.165) is 22.4 Å². The lowest BCUT2D eigenvalue weighted by molar-refractivity contribution is 0.101. The first kappa shape index (κ1) is 20.3. The van der Waals surface area contributed by atoms with Gasteiger partial charge in [-0.25, -0.2) is 9.67 Å². The first-order valence-electron chi connectivity index (χ1n) is 9.90. The second-order valence-corrected chi connectivity index (χ2v) is 7.26. The fourth-order valence-electron chi connectivity index (χ4n) is 3.13. The molecule has 0 fully saturated rings. The third-order valence-electron chi connectivity index (χ3n) is 5.08. The first-order chi connectivity index (χ1) is 15.0. The lowest BCUT2D eigenvalue weighted by atomic mass is 10.1. The monoisotopic (exact) mass is 417 g/mol. The summed E-state index contributed by atoms with van der Waals surface area (Å²) in [5.74, 6) is 1.03. The molecule has 2 heterocycles. The fourth-order valence-corrected chi connectivity index (χ4v) is 3.13. The minimum absolute atomic E-state index is 0.155. The van der Waals surface area contributed by atoms with E-state index in [9.17, 15) is 4.79 Å². The molecule has 0 spiro atoms. The molecular weight excluding hydrogens is 394 g/mol. The van der Waals surface area contributed by atoms with Gasteiger partial charge in [0.05, 0.1) is 12.1 Å². The number of benzene rings is 2. The summed E-state index contributed by atoms with van der Waals surface area (Å²) in [6.07, 6.45) is 1.57. The van der Waals surface area contributed by atoms with Crippen LogP contribution in [0, 0.1) is 20.8 Å². The van der Waals surface area contributed by atoms with E-state index < -0.39 is 5.91 Å². The Kier molecular flexibility index (Phi) is 5.79. The normalized spacial score (nSPS) is 10.8. The molecule has 1 amide bonds. The van der Waals surface area contributed by atoms with Crippen LogP contribution in [0.1, 0.15) is 38.5 Å². The quantitative estimate of drug-likeness (QED) is 0.487. The maximum absolute atomic E-state index is 12.8. The van der Waals surface area contributed by atoms with Gasteiger partial charge >= 0.3 is 0 Å². The summed E-state index contributed by atoms with van der Waals surface area (Å²) in [6.45, 7) is 6.49. The molecule has 158 valence electrons. The molecular formula is C23H23N5O3. The van der Waals surface area contributed by atoms with Crippen LogP contribution in [0.25, 0.3) is 0 Å². The van der Waals surface area contributed by atoms with Gasteiger partial charge in [0.2, 0.25) is 5.95 Å². The number of amides is 1. The molecule has 2 aromatic heterocycles. The molecule has 0 aliphatic carbocycles. The first-order valence-corrected chi connectivity index (χ1v) is 9.90. The Morgan fingerprint density at radius 2 is 1.90 bits per heavy atom. The molecule has 4 aromatic rings. The van der Waals surface area contributed by atoms with Crippen molar-refractivity contribution in [3.63, 3.8) is 0 Å². The van der Waals surface area contributed by atoms with Crippen molar-refractivity contribution in [3.8, 4) is 5.75 Å². The number of anilines is 1. The topological polar surface area (TPSA) is 95.1 Å². The lowest BCUT2D eigenvalue weighted by Crippen LogP contribution is -2.16. The van der Waals surface area contributed by atoms with Gasteiger partial charge in [0.15, 0.2) is 5.69 Å². The molecule has 8 heteroatoms. The molecule has 0 saturated carbocycles. The van der Waals surface area contributed by atoms with Crippen LogP contribution in [-0.4, -0.2) is 25.8 Å². The zero-order valence-electron chi connectivity index (χ0n) is 17.6. The van der Waals surface area contributed by atoms with Crippen LogP contribution in [0.15, 0.2) is 59.4 Å². The van der Waals surface area contributed by atoms with Gasteiger partial charge in [0.1, 0.15) is 24.4 Å². The Balaban J connectivity index is 1.44. The van der Waals surface area contributed by atoms with Gasteiger partial charge in [-0.1, -0.05) is 47.6 Å². The van der Waals surface area contributed by atoms with Crippen molar-refractivity contribution >= 4 is 11.9 Å². The van der Waals surface area contributed by atoms with Crippen molar-refractivity contribution in [1.29, 1.82) is 0 Å². The van der Waals surface area contributed by atoms with Crippen LogP contribution in [0.2, 0.25) is 0 Å². The molecule has 1 N–H and O–H groups in total. The highest BCUT2D eigenvalue weighted by Gasteiger charge is 2.22. The highest BCUT2D eigenvalue weighted by atomic mass is 16.5. The molecule has 4 rings (SSSR count). The summed E-state index contributed by atoms with van der Waals surface area (Å²) in [6, 6.07) is 15.7. The van der Waals surface area contributed by atoms with Gasteiger partial charge in [-0.3, -0.25) is 10.1 Å². The van der Waals surface area contributed by atoms with E-state index in [1.54, 1.807) is 17.9 Å². The van der Waals surface area contributed by atoms with Crippen molar-refractivity contribution in [2.24, 2.45) is 0 Å². The summed E-state index contributed by atoms with van der Waals surface area (Å²) < 4.78 is 12.8. The van der Waals surface area contributed by atoms with E-state index in [4.69, 9.17) is 9.26 Å². The second-order valence-electron chi connectivity index (χ2n) is 7.26. The molecule has 0 aliphatic rings. The van der Waals surface area contributed by atoms with Crippen molar-refractivity contribution < 1.29 is 14.1 Å². The van der Waals surface area contributed by atoms with Crippen molar-refractivity contribution in [3.05, 3.63) is 88.6 Å². The van der Waals surface area contributed by atoms with Crippen molar-refractivity contribution in [1.82, 2.24) is 19.9 Å². The third-order valence-corrected chi connectivity index (χ3v) is 5.08. The zero-order chi connectivity index (χ0) is 21.8. The molecule has 0 saturated heterocycles. The Bertz CT molecular complexity index is 1200. The average Bonchev–Trinajstić information content (AvgIpc) is 3.36. The zero-order valence-corrected chi connectivity index (χ0v) is 17.6. The Hall–Kier alpha value is -3.94. The number of carbonyl (C=O) groups excluding carboxylic acids is 1. The van der Waals surface area contributed by atoms with E-state index in [0.29, 0.717) is 17.9 Å². The maximum atomic E-state index is 12.8. The Morgan fingerprint density at radius 1 is 1.10 bits per heavy atom. The summed E-state index contributed by atoms with van der Waals surface area (Å²) in [7, 11) is 0. The van der Waals surface area contributed by atoms with E-state index in [1.165, 1.54) is 0 Å². The number of hydrogen-bond donors (Lipinski definition) is 1. The van der Waals surface area contributed by atoms with Gasteiger partial charge in [-0.05, 0) is 43.5 Å². The number of carbonyl (C=O) groups is 1. The van der Waals surface area contributed by atoms with Crippen molar-refractivity contribution in [2.45, 2.75) is 33.9 Å². The summed E-state index contributed by atoms with van der Waals surface area (Å²) >= 11 is 0. The predicted octanol–water partition coefficient (Wildman–Crippen LogP) is 4.07. The number of ether oxygens (including phenoxy) is 1. The van der Waals surface area contributed by atoms with Crippen LogP contribution in [0.3, 0.4) is 0 Å². The molecule has 0 aliphatic heterocycles. The number of hydrogen-bond acceptors (Lipinski definition) is 6. The maximum Gasteiger partial charge on any atom is 0.280 e. The van der Waals surface area contributed by atoms with E-state index in [2.05, 4.69) is 20.6 Å². The highest BCUT2D eigenvalue weighted by molar-refractivity contribution is 6.02. The number of aromatic nitrogens is 4. The van der Waals surface area contributed by atoms with E-state index in [1.807, 2.05) is 62.4 Å². The summed E-state index contributed by atoms with van der Waals surface area (Å²) in [5, 5.41) is 10.9.